The molecular weight excluding hydrogens is 468 g/mol. The van der Waals surface area contributed by atoms with Crippen LogP contribution in [-0.2, 0) is 28.7 Å². The minimum Gasteiger partial charge on any atom is -0.460 e. The van der Waals surface area contributed by atoms with Crippen LogP contribution in [0, 0.1) is 0 Å². The van der Waals surface area contributed by atoms with Gasteiger partial charge in [-0.05, 0) is 25.7 Å². The van der Waals surface area contributed by atoms with Crippen molar-refractivity contribution in [2.24, 2.45) is 0 Å². The average Bonchev–Trinajstić information content (AvgIpc) is 2.84. The Labute approximate surface area is 214 Å². The van der Waals surface area contributed by atoms with Gasteiger partial charge < -0.3 is 30.3 Å². The van der Waals surface area contributed by atoms with E-state index in [1.807, 2.05) is 0 Å². The molecule has 36 heavy (non-hydrogen) atoms. The molecule has 2 amide bonds. The summed E-state index contributed by atoms with van der Waals surface area (Å²) in [7, 11) is 0. The first-order valence-corrected chi connectivity index (χ1v) is 13.6. The highest BCUT2D eigenvalue weighted by molar-refractivity contribution is 5.87. The van der Waals surface area contributed by atoms with Crippen LogP contribution >= 0.6 is 0 Å². The normalized spacial score (nSPS) is 24.3. The van der Waals surface area contributed by atoms with Gasteiger partial charge in [-0.1, -0.05) is 65.2 Å². The maximum Gasteiger partial charge on any atom is 0.331 e. The summed E-state index contributed by atoms with van der Waals surface area (Å²) in [4.78, 5) is 50.6. The molecule has 4 N–H and O–H groups in total. The highest BCUT2D eigenvalue weighted by atomic mass is 16.6. The number of aliphatic hydroxyl groups excluding tert-OH is 2. The Morgan fingerprint density at radius 3 is 1.33 bits per heavy atom. The van der Waals surface area contributed by atoms with Crippen LogP contribution in [0.15, 0.2) is 0 Å². The van der Waals surface area contributed by atoms with Crippen molar-refractivity contribution in [1.82, 2.24) is 10.6 Å². The minimum absolute atomic E-state index is 0.212. The highest BCUT2D eigenvalue weighted by Gasteiger charge is 2.31. The first-order valence-electron chi connectivity index (χ1n) is 13.6. The van der Waals surface area contributed by atoms with Gasteiger partial charge in [-0.15, -0.1) is 0 Å². The van der Waals surface area contributed by atoms with Gasteiger partial charge in [-0.3, -0.25) is 9.59 Å². The predicted octanol–water partition coefficient (Wildman–Crippen LogP) is 2.28. The van der Waals surface area contributed by atoms with Crippen molar-refractivity contribution < 1.29 is 38.9 Å². The second kappa shape index (κ2) is 19.0. The zero-order valence-corrected chi connectivity index (χ0v) is 22.0. The number of carbonyl (C=O) groups excluding carboxylic acids is 4. The zero-order chi connectivity index (χ0) is 26.8. The van der Waals surface area contributed by atoms with Crippen molar-refractivity contribution >= 4 is 23.8 Å². The lowest BCUT2D eigenvalue weighted by molar-refractivity contribution is -0.160. The Bertz CT molecular complexity index is 616. The van der Waals surface area contributed by atoms with Gasteiger partial charge in [0.15, 0.2) is 12.1 Å². The third kappa shape index (κ3) is 13.2. The summed E-state index contributed by atoms with van der Waals surface area (Å²) in [6, 6.07) is -2.56. The van der Waals surface area contributed by atoms with E-state index < -0.39 is 61.3 Å². The SMILES string of the molecule is CCCCCCCC1CC(=O)NC(CO)C(=O)OC(CCCCCCC)CC(=O)NC(CO)C(=O)O1. The minimum atomic E-state index is -1.28. The van der Waals surface area contributed by atoms with Crippen LogP contribution in [0.1, 0.15) is 104 Å². The fraction of sp³-hybridized carbons (Fsp3) is 0.846. The molecule has 0 bridgehead atoms. The lowest BCUT2D eigenvalue weighted by atomic mass is 10.0. The molecule has 1 aliphatic rings. The number of amides is 2. The summed E-state index contributed by atoms with van der Waals surface area (Å²) >= 11 is 0. The fourth-order valence-corrected chi connectivity index (χ4v) is 4.13. The first kappa shape index (κ1) is 31.8. The molecule has 1 saturated heterocycles. The molecule has 208 valence electrons. The molecule has 0 saturated carbocycles. The monoisotopic (exact) mass is 514 g/mol. The lowest BCUT2D eigenvalue weighted by Crippen LogP contribution is -2.49. The van der Waals surface area contributed by atoms with E-state index >= 15 is 0 Å². The van der Waals surface area contributed by atoms with Gasteiger partial charge in [0.2, 0.25) is 11.8 Å². The molecular formula is C26H46N2O8. The third-order valence-corrected chi connectivity index (χ3v) is 6.26. The van der Waals surface area contributed by atoms with Crippen molar-refractivity contribution in [3.8, 4) is 0 Å². The third-order valence-electron chi connectivity index (χ3n) is 6.26. The Balaban J connectivity index is 2.95. The van der Waals surface area contributed by atoms with Crippen LogP contribution in [0.5, 0.6) is 0 Å². The van der Waals surface area contributed by atoms with Crippen molar-refractivity contribution in [1.29, 1.82) is 0 Å². The molecule has 10 nitrogen and oxygen atoms in total. The maximum absolute atomic E-state index is 12.7. The van der Waals surface area contributed by atoms with Crippen LogP contribution in [0.25, 0.3) is 0 Å². The van der Waals surface area contributed by atoms with E-state index in [1.165, 1.54) is 0 Å². The number of cyclic esters (lactones) is 2. The van der Waals surface area contributed by atoms with E-state index in [9.17, 15) is 29.4 Å². The number of carbonyl (C=O) groups is 4. The highest BCUT2D eigenvalue weighted by Crippen LogP contribution is 2.16. The van der Waals surface area contributed by atoms with E-state index in [0.717, 1.165) is 64.2 Å². The van der Waals surface area contributed by atoms with Crippen molar-refractivity contribution in [2.45, 2.75) is 128 Å². The van der Waals surface area contributed by atoms with Crippen LogP contribution in [0.3, 0.4) is 0 Å². The van der Waals surface area contributed by atoms with Crippen LogP contribution < -0.4 is 10.6 Å². The molecule has 0 aromatic carbocycles. The number of hydrogen-bond acceptors (Lipinski definition) is 8. The van der Waals surface area contributed by atoms with Crippen LogP contribution in [0.4, 0.5) is 0 Å². The zero-order valence-electron chi connectivity index (χ0n) is 22.0. The van der Waals surface area contributed by atoms with E-state index in [1.54, 1.807) is 0 Å². The smallest absolute Gasteiger partial charge is 0.331 e. The van der Waals surface area contributed by atoms with Crippen LogP contribution in [0.2, 0.25) is 0 Å². The summed E-state index contributed by atoms with van der Waals surface area (Å²) in [5, 5.41) is 24.3. The lowest BCUT2D eigenvalue weighted by Gasteiger charge is -2.25. The Morgan fingerprint density at radius 1 is 0.639 bits per heavy atom. The van der Waals surface area contributed by atoms with Crippen molar-refractivity contribution in [2.75, 3.05) is 13.2 Å². The molecule has 0 radical (unpaired) electrons. The van der Waals surface area contributed by atoms with Gasteiger partial charge in [-0.25, -0.2) is 9.59 Å². The van der Waals surface area contributed by atoms with Gasteiger partial charge in [0, 0.05) is 0 Å². The molecule has 1 rings (SSSR count). The van der Waals surface area contributed by atoms with Gasteiger partial charge in [-0.2, -0.15) is 0 Å². The number of hydrogen-bond donors (Lipinski definition) is 4. The Hall–Kier alpha value is -2.20. The number of unbranched alkanes of at least 4 members (excludes halogenated alkanes) is 8. The summed E-state index contributed by atoms with van der Waals surface area (Å²) in [5.74, 6) is -2.76. The van der Waals surface area contributed by atoms with E-state index in [2.05, 4.69) is 24.5 Å². The molecule has 4 unspecified atom stereocenters. The van der Waals surface area contributed by atoms with Gasteiger partial charge in [0.25, 0.3) is 0 Å². The molecule has 0 aliphatic carbocycles. The number of ether oxygens (including phenoxy) is 2. The standard InChI is InChI=1S/C26H46N2O8/c1-3-5-7-9-11-13-19-15-23(31)27-22(18-30)26(34)36-20(14-12-10-8-6-4-2)16-24(32)28-21(17-29)25(33)35-19/h19-22,29-30H,3-18H2,1-2H3,(H,27,31)(H,28,32). The largest absolute Gasteiger partial charge is 0.460 e. The topological polar surface area (TPSA) is 151 Å². The van der Waals surface area contributed by atoms with E-state index in [0.29, 0.717) is 12.8 Å². The second-order valence-electron chi connectivity index (χ2n) is 9.54. The Morgan fingerprint density at radius 2 is 1.00 bits per heavy atom. The van der Waals surface area contributed by atoms with Gasteiger partial charge in [0.1, 0.15) is 12.2 Å². The van der Waals surface area contributed by atoms with E-state index in [4.69, 9.17) is 9.47 Å². The van der Waals surface area contributed by atoms with Gasteiger partial charge in [0.05, 0.1) is 26.1 Å². The number of esters is 2. The quantitative estimate of drug-likeness (QED) is 0.204. The van der Waals surface area contributed by atoms with Crippen molar-refractivity contribution in [3.05, 3.63) is 0 Å². The molecule has 10 heteroatoms. The van der Waals surface area contributed by atoms with Gasteiger partial charge >= 0.3 is 11.9 Å². The fourth-order valence-electron chi connectivity index (χ4n) is 4.13. The summed E-state index contributed by atoms with van der Waals surface area (Å²) < 4.78 is 11.0. The molecule has 1 fully saturated rings. The summed E-state index contributed by atoms with van der Waals surface area (Å²) in [5.41, 5.74) is 0. The second-order valence-corrected chi connectivity index (χ2v) is 9.54. The molecule has 0 aromatic heterocycles. The summed E-state index contributed by atoms with van der Waals surface area (Å²) in [6.45, 7) is 2.89. The molecule has 0 spiro atoms. The molecule has 4 atom stereocenters. The number of nitrogens with one attached hydrogen (secondary N) is 2. The van der Waals surface area contributed by atoms with Crippen LogP contribution in [-0.4, -0.2) is 71.5 Å². The predicted molar refractivity (Wildman–Crippen MR) is 134 cm³/mol. The number of rotatable bonds is 14. The van der Waals surface area contributed by atoms with E-state index in [-0.39, 0.29) is 12.8 Å². The number of aliphatic hydroxyl groups is 2. The molecule has 0 aromatic rings. The molecule has 1 heterocycles. The van der Waals surface area contributed by atoms with Crippen molar-refractivity contribution in [3.63, 3.8) is 0 Å². The first-order chi connectivity index (χ1) is 17.3. The Kier molecular flexibility index (Phi) is 16.8. The average molecular weight is 515 g/mol. The molecule has 1 aliphatic heterocycles. The summed E-state index contributed by atoms with van der Waals surface area (Å²) in [6.07, 6.45) is 8.50. The maximum atomic E-state index is 12.7.